The number of hydrogen-bond donors (Lipinski definition) is 1. The number of pyridine rings is 1. The standard InChI is InChI=1S/C15H24ClN3S/c1-15(2,3)17-11-13-12(16)5-6-14(18-13)19-7-4-9-20-10-8-19/h5-6,17H,4,7-11H2,1-3H3. The molecular weight excluding hydrogens is 290 g/mol. The molecule has 1 aromatic rings. The normalized spacial score (nSPS) is 17.1. The first-order valence-electron chi connectivity index (χ1n) is 7.19. The molecule has 0 aliphatic carbocycles. The van der Waals surface area contributed by atoms with Gasteiger partial charge in [0.05, 0.1) is 10.7 Å². The molecule has 112 valence electrons. The lowest BCUT2D eigenvalue weighted by atomic mass is 10.1. The number of halogens is 1. The number of anilines is 1. The molecule has 0 aromatic carbocycles. The molecular formula is C15H24ClN3S. The Bertz CT molecular complexity index is 437. The highest BCUT2D eigenvalue weighted by Crippen LogP contribution is 2.22. The molecule has 1 aliphatic heterocycles. The van der Waals surface area contributed by atoms with E-state index in [0.717, 1.165) is 29.6 Å². The van der Waals surface area contributed by atoms with Crippen LogP contribution in [0.25, 0.3) is 0 Å². The predicted molar refractivity (Wildman–Crippen MR) is 90.0 cm³/mol. The van der Waals surface area contributed by atoms with E-state index >= 15 is 0 Å². The highest BCUT2D eigenvalue weighted by Gasteiger charge is 2.15. The Morgan fingerprint density at radius 1 is 1.30 bits per heavy atom. The highest BCUT2D eigenvalue weighted by atomic mass is 35.5. The summed E-state index contributed by atoms with van der Waals surface area (Å²) in [6.45, 7) is 9.32. The van der Waals surface area contributed by atoms with E-state index in [9.17, 15) is 0 Å². The summed E-state index contributed by atoms with van der Waals surface area (Å²) < 4.78 is 0. The molecule has 3 nitrogen and oxygen atoms in total. The first kappa shape index (κ1) is 15.9. The van der Waals surface area contributed by atoms with Crippen LogP contribution in [0.15, 0.2) is 12.1 Å². The van der Waals surface area contributed by atoms with Crippen molar-refractivity contribution in [2.24, 2.45) is 0 Å². The molecule has 20 heavy (non-hydrogen) atoms. The van der Waals surface area contributed by atoms with Crippen molar-refractivity contribution in [1.82, 2.24) is 10.3 Å². The minimum atomic E-state index is 0.0697. The second-order valence-corrected chi connectivity index (χ2v) is 7.79. The highest BCUT2D eigenvalue weighted by molar-refractivity contribution is 7.99. The molecule has 0 spiro atoms. The molecule has 0 atom stereocenters. The Morgan fingerprint density at radius 3 is 2.85 bits per heavy atom. The van der Waals surface area contributed by atoms with Crippen molar-refractivity contribution in [3.05, 3.63) is 22.8 Å². The fraction of sp³-hybridized carbons (Fsp3) is 0.667. The molecule has 0 radical (unpaired) electrons. The fourth-order valence-electron chi connectivity index (χ4n) is 2.10. The summed E-state index contributed by atoms with van der Waals surface area (Å²) in [5.41, 5.74) is 1.01. The number of rotatable bonds is 3. The molecule has 2 heterocycles. The zero-order valence-corrected chi connectivity index (χ0v) is 14.2. The number of thioether (sulfide) groups is 1. The summed E-state index contributed by atoms with van der Waals surface area (Å²) in [4.78, 5) is 7.13. The van der Waals surface area contributed by atoms with Crippen molar-refractivity contribution in [3.63, 3.8) is 0 Å². The summed E-state index contributed by atoms with van der Waals surface area (Å²) >= 11 is 8.30. The van der Waals surface area contributed by atoms with E-state index in [2.05, 4.69) is 31.0 Å². The third kappa shape index (κ3) is 4.83. The van der Waals surface area contributed by atoms with E-state index < -0.39 is 0 Å². The van der Waals surface area contributed by atoms with Crippen LogP contribution in [-0.2, 0) is 6.54 Å². The summed E-state index contributed by atoms with van der Waals surface area (Å²) in [5, 5.41) is 4.20. The molecule has 1 N–H and O–H groups in total. The van der Waals surface area contributed by atoms with Crippen molar-refractivity contribution >= 4 is 29.2 Å². The topological polar surface area (TPSA) is 28.2 Å². The minimum Gasteiger partial charge on any atom is -0.356 e. The Balaban J connectivity index is 2.10. The second-order valence-electron chi connectivity index (χ2n) is 6.15. The lowest BCUT2D eigenvalue weighted by Gasteiger charge is -2.24. The zero-order chi connectivity index (χ0) is 14.6. The Kier molecular flexibility index (Phi) is 5.58. The van der Waals surface area contributed by atoms with Crippen LogP contribution in [0, 0.1) is 0 Å². The van der Waals surface area contributed by atoms with Gasteiger partial charge >= 0.3 is 0 Å². The summed E-state index contributed by atoms with van der Waals surface area (Å²) in [5.74, 6) is 3.49. The van der Waals surface area contributed by atoms with Crippen LogP contribution in [0.5, 0.6) is 0 Å². The van der Waals surface area contributed by atoms with Gasteiger partial charge in [-0.1, -0.05) is 11.6 Å². The SMILES string of the molecule is CC(C)(C)NCc1nc(N2CCCSCC2)ccc1Cl. The van der Waals surface area contributed by atoms with Crippen LogP contribution in [-0.4, -0.2) is 35.1 Å². The van der Waals surface area contributed by atoms with Crippen LogP contribution in [0.4, 0.5) is 5.82 Å². The number of hydrogen-bond acceptors (Lipinski definition) is 4. The van der Waals surface area contributed by atoms with Crippen LogP contribution in [0.3, 0.4) is 0 Å². The molecule has 1 fully saturated rings. The Morgan fingerprint density at radius 2 is 2.10 bits per heavy atom. The maximum absolute atomic E-state index is 6.27. The van der Waals surface area contributed by atoms with Crippen molar-refractivity contribution < 1.29 is 0 Å². The van der Waals surface area contributed by atoms with E-state index in [1.807, 2.05) is 23.9 Å². The fourth-order valence-corrected chi connectivity index (χ4v) is 3.16. The van der Waals surface area contributed by atoms with Crippen LogP contribution in [0.2, 0.25) is 5.02 Å². The average Bonchev–Trinajstić information content (AvgIpc) is 2.66. The van der Waals surface area contributed by atoms with Gasteiger partial charge in [-0.3, -0.25) is 0 Å². The van der Waals surface area contributed by atoms with Gasteiger partial charge in [-0.2, -0.15) is 11.8 Å². The van der Waals surface area contributed by atoms with Crippen molar-refractivity contribution in [3.8, 4) is 0 Å². The van der Waals surface area contributed by atoms with Gasteiger partial charge in [0.15, 0.2) is 0 Å². The minimum absolute atomic E-state index is 0.0697. The van der Waals surface area contributed by atoms with Crippen LogP contribution >= 0.6 is 23.4 Å². The van der Waals surface area contributed by atoms with Crippen molar-refractivity contribution in [2.75, 3.05) is 29.5 Å². The first-order valence-corrected chi connectivity index (χ1v) is 8.72. The zero-order valence-electron chi connectivity index (χ0n) is 12.6. The lowest BCUT2D eigenvalue weighted by Crippen LogP contribution is -2.35. The van der Waals surface area contributed by atoms with Gasteiger partial charge in [0.25, 0.3) is 0 Å². The van der Waals surface area contributed by atoms with E-state index in [0.29, 0.717) is 6.54 Å². The van der Waals surface area contributed by atoms with Gasteiger partial charge in [0, 0.05) is 30.9 Å². The molecule has 1 saturated heterocycles. The molecule has 0 amide bonds. The van der Waals surface area contributed by atoms with E-state index in [-0.39, 0.29) is 5.54 Å². The van der Waals surface area contributed by atoms with Gasteiger partial charge in [-0.05, 0) is 45.1 Å². The van der Waals surface area contributed by atoms with Crippen molar-refractivity contribution in [2.45, 2.75) is 39.3 Å². The van der Waals surface area contributed by atoms with E-state index in [1.54, 1.807) is 0 Å². The van der Waals surface area contributed by atoms with E-state index in [4.69, 9.17) is 16.6 Å². The van der Waals surface area contributed by atoms with Gasteiger partial charge in [-0.15, -0.1) is 0 Å². The van der Waals surface area contributed by atoms with Crippen molar-refractivity contribution in [1.29, 1.82) is 0 Å². The molecule has 0 saturated carbocycles. The molecule has 0 bridgehead atoms. The predicted octanol–water partition coefficient (Wildman–Crippen LogP) is 3.57. The maximum atomic E-state index is 6.27. The largest absolute Gasteiger partial charge is 0.356 e. The smallest absolute Gasteiger partial charge is 0.128 e. The molecule has 5 heteroatoms. The maximum Gasteiger partial charge on any atom is 0.128 e. The van der Waals surface area contributed by atoms with Crippen LogP contribution in [0.1, 0.15) is 32.9 Å². The van der Waals surface area contributed by atoms with Crippen LogP contribution < -0.4 is 10.2 Å². The number of aromatic nitrogens is 1. The molecule has 1 aromatic heterocycles. The first-order chi connectivity index (χ1) is 9.46. The summed E-state index contributed by atoms with van der Waals surface area (Å²) in [7, 11) is 0. The molecule has 2 rings (SSSR count). The van der Waals surface area contributed by atoms with Gasteiger partial charge in [-0.25, -0.2) is 4.98 Å². The molecule has 0 unspecified atom stereocenters. The van der Waals surface area contributed by atoms with Gasteiger partial charge in [0.1, 0.15) is 5.82 Å². The average molecular weight is 314 g/mol. The van der Waals surface area contributed by atoms with Gasteiger partial charge in [0.2, 0.25) is 0 Å². The number of nitrogens with one attached hydrogen (secondary N) is 1. The quantitative estimate of drug-likeness (QED) is 0.923. The lowest BCUT2D eigenvalue weighted by molar-refractivity contribution is 0.421. The monoisotopic (exact) mass is 313 g/mol. The van der Waals surface area contributed by atoms with Gasteiger partial charge < -0.3 is 10.2 Å². The Hall–Kier alpha value is -0.450. The van der Waals surface area contributed by atoms with E-state index in [1.165, 1.54) is 17.9 Å². The third-order valence-electron chi connectivity index (χ3n) is 3.24. The summed E-state index contributed by atoms with van der Waals surface area (Å²) in [6, 6.07) is 4.01. The molecule has 1 aliphatic rings. The second kappa shape index (κ2) is 7.01. The number of nitrogens with zero attached hydrogens (tertiary/aromatic N) is 2. The third-order valence-corrected chi connectivity index (χ3v) is 4.63. The summed E-state index contributed by atoms with van der Waals surface area (Å²) in [6.07, 6.45) is 1.23. The Labute approximate surface area is 131 Å².